The molecule has 7 nitrogen and oxygen atoms in total. The molecule has 9 heteroatoms. The maximum absolute atomic E-state index is 12.3. The summed E-state index contributed by atoms with van der Waals surface area (Å²) in [4.78, 5) is 29.1. The van der Waals surface area contributed by atoms with Crippen LogP contribution in [0.3, 0.4) is 0 Å². The molecule has 1 amide bonds. The molecule has 0 saturated carbocycles. The van der Waals surface area contributed by atoms with Gasteiger partial charge in [-0.05, 0) is 43.7 Å². The van der Waals surface area contributed by atoms with Gasteiger partial charge in [0.25, 0.3) is 11.5 Å². The van der Waals surface area contributed by atoms with E-state index in [0.717, 1.165) is 11.1 Å². The Balaban J connectivity index is 1.44. The number of anilines is 1. The number of amides is 1. The van der Waals surface area contributed by atoms with E-state index in [-0.39, 0.29) is 11.5 Å². The average Bonchev–Trinajstić information content (AvgIpc) is 3.13. The molecule has 0 aliphatic heterocycles. The van der Waals surface area contributed by atoms with Crippen LogP contribution in [0.2, 0.25) is 0 Å². The van der Waals surface area contributed by atoms with Gasteiger partial charge in [-0.15, -0.1) is 10.2 Å². The third-order valence-corrected chi connectivity index (χ3v) is 6.13. The molecule has 0 aliphatic rings. The number of fused-ring (bicyclic) bond motifs is 1. The summed E-state index contributed by atoms with van der Waals surface area (Å²) in [6.07, 6.45) is 1.73. The van der Waals surface area contributed by atoms with Gasteiger partial charge in [0.2, 0.25) is 5.13 Å². The van der Waals surface area contributed by atoms with Gasteiger partial charge in [0.15, 0.2) is 4.34 Å². The highest BCUT2D eigenvalue weighted by Gasteiger charge is 2.11. The number of nitrogens with zero attached hydrogens (tertiary/aromatic N) is 4. The number of hydrogen-bond donors (Lipinski definition) is 1. The van der Waals surface area contributed by atoms with Crippen molar-refractivity contribution in [1.82, 2.24) is 19.6 Å². The van der Waals surface area contributed by atoms with E-state index in [0.29, 0.717) is 32.1 Å². The number of thioether (sulfide) groups is 1. The van der Waals surface area contributed by atoms with Crippen molar-refractivity contribution in [3.8, 4) is 0 Å². The molecular weight excluding hydrogens is 406 g/mol. The van der Waals surface area contributed by atoms with Crippen molar-refractivity contribution in [2.75, 3.05) is 5.32 Å². The van der Waals surface area contributed by atoms with Crippen molar-refractivity contribution >= 4 is 39.8 Å². The number of hydrogen-bond acceptors (Lipinski definition) is 7. The van der Waals surface area contributed by atoms with Crippen LogP contribution in [0.4, 0.5) is 5.13 Å². The second-order valence-corrected chi connectivity index (χ2v) is 8.70. The summed E-state index contributed by atoms with van der Waals surface area (Å²) in [6, 6.07) is 12.6. The van der Waals surface area contributed by atoms with Crippen LogP contribution in [0.15, 0.2) is 57.8 Å². The first-order chi connectivity index (χ1) is 14.0. The van der Waals surface area contributed by atoms with Crippen LogP contribution in [-0.2, 0) is 5.75 Å². The Hall–Kier alpha value is -3.04. The van der Waals surface area contributed by atoms with E-state index in [2.05, 4.69) is 20.5 Å². The van der Waals surface area contributed by atoms with Gasteiger partial charge in [0.1, 0.15) is 5.65 Å². The van der Waals surface area contributed by atoms with E-state index in [9.17, 15) is 9.59 Å². The number of benzene rings is 1. The molecule has 0 radical (unpaired) electrons. The molecular formula is C20H17N5O2S2. The number of carbonyl (C=O) groups is 1. The molecule has 4 rings (SSSR count). The lowest BCUT2D eigenvalue weighted by Gasteiger charge is -2.04. The molecule has 0 saturated heterocycles. The maximum Gasteiger partial charge on any atom is 0.258 e. The van der Waals surface area contributed by atoms with Crippen LogP contribution in [0.1, 0.15) is 27.2 Å². The highest BCUT2D eigenvalue weighted by Crippen LogP contribution is 2.28. The summed E-state index contributed by atoms with van der Waals surface area (Å²) in [5.41, 5.74) is 3.81. The predicted molar refractivity (Wildman–Crippen MR) is 115 cm³/mol. The molecule has 146 valence electrons. The Morgan fingerprint density at radius 3 is 2.79 bits per heavy atom. The third kappa shape index (κ3) is 4.52. The molecule has 0 unspecified atom stereocenters. The zero-order valence-corrected chi connectivity index (χ0v) is 17.4. The summed E-state index contributed by atoms with van der Waals surface area (Å²) in [5.74, 6) is 0.265. The fourth-order valence-electron chi connectivity index (χ4n) is 2.74. The predicted octanol–water partition coefficient (Wildman–Crippen LogP) is 3.71. The second-order valence-electron chi connectivity index (χ2n) is 6.50. The first-order valence-corrected chi connectivity index (χ1v) is 10.6. The quantitative estimate of drug-likeness (QED) is 0.389. The summed E-state index contributed by atoms with van der Waals surface area (Å²) in [5, 5.41) is 11.3. The molecule has 0 bridgehead atoms. The van der Waals surface area contributed by atoms with Crippen LogP contribution >= 0.6 is 23.1 Å². The lowest BCUT2D eigenvalue weighted by Crippen LogP contribution is -2.15. The normalized spacial score (nSPS) is 11.0. The number of carbonyl (C=O) groups excluding carboxylic acids is 1. The molecule has 1 aromatic carbocycles. The van der Waals surface area contributed by atoms with E-state index >= 15 is 0 Å². The lowest BCUT2D eigenvalue weighted by molar-refractivity contribution is 0.102. The second kappa shape index (κ2) is 8.14. The molecule has 29 heavy (non-hydrogen) atoms. The first kappa shape index (κ1) is 19.3. The Morgan fingerprint density at radius 2 is 1.97 bits per heavy atom. The third-order valence-electron chi connectivity index (χ3n) is 4.13. The average molecular weight is 424 g/mol. The van der Waals surface area contributed by atoms with Gasteiger partial charge in [-0.2, -0.15) is 0 Å². The van der Waals surface area contributed by atoms with E-state index in [1.807, 2.05) is 44.2 Å². The summed E-state index contributed by atoms with van der Waals surface area (Å²) >= 11 is 2.71. The Morgan fingerprint density at radius 1 is 1.14 bits per heavy atom. The SMILES string of the molecule is Cc1cccc(C(=O)Nc2nnc(SCc3cc(=O)n4ccc(C)cc4n3)s2)c1. The fraction of sp³-hybridized carbons (Fsp3) is 0.150. The van der Waals surface area contributed by atoms with Crippen LogP contribution in [-0.4, -0.2) is 25.5 Å². The van der Waals surface area contributed by atoms with E-state index in [4.69, 9.17) is 0 Å². The molecule has 0 fully saturated rings. The van der Waals surface area contributed by atoms with E-state index < -0.39 is 0 Å². The fourth-order valence-corrected chi connectivity index (χ4v) is 4.38. The Labute approximate surface area is 174 Å². The maximum atomic E-state index is 12.3. The summed E-state index contributed by atoms with van der Waals surface area (Å²) in [7, 11) is 0. The smallest absolute Gasteiger partial charge is 0.258 e. The molecule has 3 aromatic heterocycles. The molecule has 0 atom stereocenters. The van der Waals surface area contributed by atoms with Gasteiger partial charge < -0.3 is 0 Å². The molecule has 1 N–H and O–H groups in total. The van der Waals surface area contributed by atoms with Gasteiger partial charge in [-0.3, -0.25) is 19.3 Å². The van der Waals surface area contributed by atoms with Crippen molar-refractivity contribution in [2.45, 2.75) is 23.9 Å². The summed E-state index contributed by atoms with van der Waals surface area (Å²) in [6.45, 7) is 3.89. The Bertz CT molecular complexity index is 1270. The molecule has 3 heterocycles. The Kier molecular flexibility index (Phi) is 5.41. The molecule has 0 aliphatic carbocycles. The first-order valence-electron chi connectivity index (χ1n) is 8.81. The van der Waals surface area contributed by atoms with Crippen LogP contribution < -0.4 is 10.9 Å². The van der Waals surface area contributed by atoms with Crippen LogP contribution in [0.25, 0.3) is 5.65 Å². The zero-order valence-electron chi connectivity index (χ0n) is 15.7. The highest BCUT2D eigenvalue weighted by atomic mass is 32.2. The highest BCUT2D eigenvalue weighted by molar-refractivity contribution is 8.00. The minimum Gasteiger partial charge on any atom is -0.296 e. The lowest BCUT2D eigenvalue weighted by atomic mass is 10.1. The minimum atomic E-state index is -0.221. The summed E-state index contributed by atoms with van der Waals surface area (Å²) < 4.78 is 2.21. The van der Waals surface area contributed by atoms with Crippen LogP contribution in [0, 0.1) is 13.8 Å². The number of rotatable bonds is 5. The van der Waals surface area contributed by atoms with E-state index in [1.165, 1.54) is 33.6 Å². The van der Waals surface area contributed by atoms with Crippen molar-refractivity contribution in [1.29, 1.82) is 0 Å². The van der Waals surface area contributed by atoms with Crippen molar-refractivity contribution in [3.05, 3.63) is 81.4 Å². The zero-order chi connectivity index (χ0) is 20.4. The number of nitrogens with one attached hydrogen (secondary N) is 1. The van der Waals surface area contributed by atoms with Crippen molar-refractivity contribution in [2.24, 2.45) is 0 Å². The van der Waals surface area contributed by atoms with Gasteiger partial charge in [0, 0.05) is 23.6 Å². The molecule has 4 aromatic rings. The number of pyridine rings is 1. The van der Waals surface area contributed by atoms with Gasteiger partial charge in [-0.1, -0.05) is 40.8 Å². The number of aromatic nitrogens is 4. The van der Waals surface area contributed by atoms with Crippen LogP contribution in [0.5, 0.6) is 0 Å². The molecule has 0 spiro atoms. The van der Waals surface area contributed by atoms with Gasteiger partial charge in [-0.25, -0.2) is 4.98 Å². The monoisotopic (exact) mass is 423 g/mol. The number of aryl methyl sites for hydroxylation is 2. The standard InChI is InChI=1S/C20H17N5O2S2/c1-12-4-3-5-14(8-12)18(27)22-19-23-24-20(29-19)28-11-15-10-17(26)25-7-6-13(2)9-16(25)21-15/h3-10H,11H2,1-2H3,(H,22,23,27). The topological polar surface area (TPSA) is 89.2 Å². The van der Waals surface area contributed by atoms with Crippen molar-refractivity contribution < 1.29 is 4.79 Å². The van der Waals surface area contributed by atoms with E-state index in [1.54, 1.807) is 12.3 Å². The van der Waals surface area contributed by atoms with Gasteiger partial charge in [0.05, 0.1) is 5.69 Å². The largest absolute Gasteiger partial charge is 0.296 e. The van der Waals surface area contributed by atoms with Crippen molar-refractivity contribution in [3.63, 3.8) is 0 Å². The minimum absolute atomic E-state index is 0.117. The van der Waals surface area contributed by atoms with Gasteiger partial charge >= 0.3 is 0 Å².